The highest BCUT2D eigenvalue weighted by Crippen LogP contribution is 2.31. The highest BCUT2D eigenvalue weighted by atomic mass is 32.2. The van der Waals surface area contributed by atoms with Crippen LogP contribution in [-0.2, 0) is 26.2 Å². The predicted molar refractivity (Wildman–Crippen MR) is 90.5 cm³/mol. The Bertz CT molecular complexity index is 1140. The third kappa shape index (κ3) is 4.75. The number of rotatable bonds is 5. The molecule has 6 nitrogen and oxygen atoms in total. The summed E-state index contributed by atoms with van der Waals surface area (Å²) in [6, 6.07) is 6.42. The molecule has 0 unspecified atom stereocenters. The van der Waals surface area contributed by atoms with Gasteiger partial charge in [0.05, 0.1) is 9.79 Å². The van der Waals surface area contributed by atoms with E-state index < -0.39 is 46.4 Å². The molecule has 0 saturated carbocycles. The first-order valence-electron chi connectivity index (χ1n) is 7.67. The zero-order chi connectivity index (χ0) is 23.0. The quantitative estimate of drug-likeness (QED) is 0.670. The van der Waals surface area contributed by atoms with Crippen LogP contribution >= 0.6 is 0 Å². The van der Waals surface area contributed by atoms with Gasteiger partial charge >= 0.3 is 11.0 Å². The summed E-state index contributed by atoms with van der Waals surface area (Å²) in [7, 11) is -11.1. The number of hydrogen-bond donors (Lipinski definition) is 1. The molecule has 2 rings (SSSR count). The van der Waals surface area contributed by atoms with E-state index in [0.29, 0.717) is 24.3 Å². The summed E-state index contributed by atoms with van der Waals surface area (Å²) in [5, 5.41) is 2.31. The molecule has 1 N–H and O–H groups in total. The summed E-state index contributed by atoms with van der Waals surface area (Å²) in [6.45, 7) is -0.242. The molecule has 2 aromatic carbocycles. The Balaban J connectivity index is 2.08. The van der Waals surface area contributed by atoms with Crippen LogP contribution in [0.3, 0.4) is 0 Å². The number of nitrogens with one attached hydrogen (secondary N) is 1. The molecule has 0 fully saturated rings. The third-order valence-corrected chi connectivity index (χ3v) is 6.73. The molecular formula is C16H11F6NO5S2. The molecule has 0 bridgehead atoms. The lowest BCUT2D eigenvalue weighted by Gasteiger charge is -2.10. The summed E-state index contributed by atoms with van der Waals surface area (Å²) in [6.07, 6.45) is 0. The fourth-order valence-corrected chi connectivity index (χ4v) is 3.65. The average Bonchev–Trinajstić information content (AvgIpc) is 2.64. The summed E-state index contributed by atoms with van der Waals surface area (Å²) < 4.78 is 120. The third-order valence-electron chi connectivity index (χ3n) is 3.72. The molecule has 1 amide bonds. The summed E-state index contributed by atoms with van der Waals surface area (Å²) in [5.74, 6) is -0.807. The number of amides is 1. The normalized spacial score (nSPS) is 13.1. The monoisotopic (exact) mass is 475 g/mol. The van der Waals surface area contributed by atoms with Gasteiger partial charge in [0.25, 0.3) is 25.6 Å². The van der Waals surface area contributed by atoms with E-state index in [4.69, 9.17) is 0 Å². The molecule has 0 radical (unpaired) electrons. The molecule has 30 heavy (non-hydrogen) atoms. The second-order valence-corrected chi connectivity index (χ2v) is 9.63. The van der Waals surface area contributed by atoms with Gasteiger partial charge in [-0.2, -0.15) is 26.3 Å². The molecule has 14 heteroatoms. The average molecular weight is 475 g/mol. The smallest absolute Gasteiger partial charge is 0.348 e. The van der Waals surface area contributed by atoms with E-state index in [2.05, 4.69) is 5.32 Å². The van der Waals surface area contributed by atoms with E-state index in [1.54, 1.807) is 0 Å². The Labute approximate surface area is 166 Å². The zero-order valence-corrected chi connectivity index (χ0v) is 16.1. The van der Waals surface area contributed by atoms with Crippen molar-refractivity contribution in [3.63, 3.8) is 0 Å². The largest absolute Gasteiger partial charge is 0.501 e. The van der Waals surface area contributed by atoms with E-state index >= 15 is 0 Å². The topological polar surface area (TPSA) is 97.4 Å². The minimum absolute atomic E-state index is 0.174. The van der Waals surface area contributed by atoms with Crippen molar-refractivity contribution in [2.75, 3.05) is 0 Å². The molecule has 0 aliphatic rings. The van der Waals surface area contributed by atoms with Gasteiger partial charge in [0.2, 0.25) is 0 Å². The Morgan fingerprint density at radius 2 is 1.07 bits per heavy atom. The lowest BCUT2D eigenvalue weighted by Crippen LogP contribution is -2.25. The highest BCUT2D eigenvalue weighted by Gasteiger charge is 2.47. The number of halogens is 6. The predicted octanol–water partition coefficient (Wildman–Crippen LogP) is 3.20. The number of benzene rings is 2. The second kappa shape index (κ2) is 7.91. The van der Waals surface area contributed by atoms with Crippen molar-refractivity contribution < 1.29 is 48.0 Å². The van der Waals surface area contributed by atoms with Crippen LogP contribution in [-0.4, -0.2) is 33.8 Å². The first kappa shape index (κ1) is 23.7. The van der Waals surface area contributed by atoms with Gasteiger partial charge in [-0.3, -0.25) is 4.79 Å². The van der Waals surface area contributed by atoms with E-state index in [1.165, 1.54) is 0 Å². The van der Waals surface area contributed by atoms with Crippen LogP contribution in [0.25, 0.3) is 0 Å². The van der Waals surface area contributed by atoms with E-state index in [1.807, 2.05) is 0 Å². The Morgan fingerprint density at radius 3 is 1.43 bits per heavy atom. The van der Waals surface area contributed by atoms with Crippen molar-refractivity contribution in [2.24, 2.45) is 0 Å². The lowest BCUT2D eigenvalue weighted by atomic mass is 10.2. The van der Waals surface area contributed by atoms with Gasteiger partial charge in [-0.1, -0.05) is 12.1 Å². The van der Waals surface area contributed by atoms with Crippen molar-refractivity contribution in [1.82, 2.24) is 5.32 Å². The molecule has 2 aromatic rings. The van der Waals surface area contributed by atoms with Gasteiger partial charge in [0.1, 0.15) is 0 Å². The number of carbonyl (C=O) groups is 1. The Hall–Kier alpha value is -2.61. The maximum absolute atomic E-state index is 12.5. The van der Waals surface area contributed by atoms with Gasteiger partial charge in [-0.15, -0.1) is 0 Å². The molecule has 0 aliphatic carbocycles. The summed E-state index contributed by atoms with van der Waals surface area (Å²) >= 11 is 0. The van der Waals surface area contributed by atoms with Gasteiger partial charge in [-0.05, 0) is 42.0 Å². The molecule has 0 heterocycles. The van der Waals surface area contributed by atoms with E-state index in [-0.39, 0.29) is 17.7 Å². The second-order valence-electron chi connectivity index (χ2n) is 5.75. The van der Waals surface area contributed by atoms with Crippen LogP contribution in [0.4, 0.5) is 26.3 Å². The van der Waals surface area contributed by atoms with Crippen LogP contribution in [0.5, 0.6) is 0 Å². The molecule has 0 spiro atoms. The van der Waals surface area contributed by atoms with Crippen LogP contribution in [0.2, 0.25) is 0 Å². The van der Waals surface area contributed by atoms with E-state index in [0.717, 1.165) is 24.3 Å². The van der Waals surface area contributed by atoms with Gasteiger partial charge in [0, 0.05) is 12.1 Å². The molecule has 164 valence electrons. The fraction of sp³-hybridized carbons (Fsp3) is 0.188. The zero-order valence-electron chi connectivity index (χ0n) is 14.5. The fourth-order valence-electron chi connectivity index (χ4n) is 2.12. The maximum atomic E-state index is 12.5. The standard InChI is InChI=1S/C16H11F6NO5S2/c17-15(18,19)29(25,26)12-5-1-10(2-6-12)9-23-14(24)11-3-7-13(8-4-11)30(27,28)16(20,21)22/h1-8H,9H2,(H,23,24). The molecule has 0 saturated heterocycles. The van der Waals surface area contributed by atoms with Crippen molar-refractivity contribution in [2.45, 2.75) is 27.4 Å². The minimum atomic E-state index is -5.56. The minimum Gasteiger partial charge on any atom is -0.348 e. The molecule has 0 atom stereocenters. The molecule has 0 aromatic heterocycles. The number of alkyl halides is 6. The van der Waals surface area contributed by atoms with E-state index in [9.17, 15) is 48.0 Å². The first-order chi connectivity index (χ1) is 13.6. The SMILES string of the molecule is O=C(NCc1ccc(S(=O)(=O)C(F)(F)F)cc1)c1ccc(S(=O)(=O)C(F)(F)F)cc1. The first-order valence-corrected chi connectivity index (χ1v) is 10.6. The molecular weight excluding hydrogens is 464 g/mol. The van der Waals surface area contributed by atoms with Crippen molar-refractivity contribution in [1.29, 1.82) is 0 Å². The van der Waals surface area contributed by atoms with Gasteiger partial charge < -0.3 is 5.32 Å². The Morgan fingerprint density at radius 1 is 0.700 bits per heavy atom. The highest BCUT2D eigenvalue weighted by molar-refractivity contribution is 7.92. The summed E-state index contributed by atoms with van der Waals surface area (Å²) in [4.78, 5) is 9.98. The Kier molecular flexibility index (Phi) is 6.24. The van der Waals surface area contributed by atoms with Crippen LogP contribution < -0.4 is 5.32 Å². The van der Waals surface area contributed by atoms with Crippen LogP contribution in [0, 0.1) is 0 Å². The van der Waals surface area contributed by atoms with Gasteiger partial charge in [-0.25, -0.2) is 16.8 Å². The van der Waals surface area contributed by atoms with Crippen molar-refractivity contribution in [3.05, 3.63) is 59.7 Å². The summed E-state index contributed by atoms with van der Waals surface area (Å²) in [5.41, 5.74) is -10.9. The van der Waals surface area contributed by atoms with Crippen molar-refractivity contribution in [3.8, 4) is 0 Å². The maximum Gasteiger partial charge on any atom is 0.501 e. The van der Waals surface area contributed by atoms with Crippen LogP contribution in [0.15, 0.2) is 58.3 Å². The number of hydrogen-bond acceptors (Lipinski definition) is 5. The number of sulfone groups is 2. The number of carbonyl (C=O) groups excluding carboxylic acids is 1. The van der Waals surface area contributed by atoms with Crippen molar-refractivity contribution >= 4 is 25.6 Å². The lowest BCUT2D eigenvalue weighted by molar-refractivity contribution is -0.0442. The van der Waals surface area contributed by atoms with Crippen LogP contribution in [0.1, 0.15) is 15.9 Å². The molecule has 0 aliphatic heterocycles. The van der Waals surface area contributed by atoms with Gasteiger partial charge in [0.15, 0.2) is 0 Å².